The van der Waals surface area contributed by atoms with Gasteiger partial charge < -0.3 is 16.2 Å². The Kier molecular flexibility index (Phi) is 5.75. The smallest absolute Gasteiger partial charge is 0.343 e. The van der Waals surface area contributed by atoms with Crippen LogP contribution >= 0.6 is 0 Å². The molecule has 30 heavy (non-hydrogen) atoms. The molecule has 1 aliphatic carbocycles. The van der Waals surface area contributed by atoms with Gasteiger partial charge in [0.15, 0.2) is 0 Å². The quantitative estimate of drug-likeness (QED) is 0.318. The van der Waals surface area contributed by atoms with Crippen LogP contribution in [0.5, 0.6) is 5.75 Å². The van der Waals surface area contributed by atoms with Crippen LogP contribution in [-0.4, -0.2) is 5.97 Å². The molecule has 4 heteroatoms. The van der Waals surface area contributed by atoms with E-state index in [1.807, 2.05) is 12.1 Å². The number of benzene rings is 3. The molecule has 0 unspecified atom stereocenters. The Bertz CT molecular complexity index is 998. The van der Waals surface area contributed by atoms with E-state index in [9.17, 15) is 4.79 Å². The van der Waals surface area contributed by atoms with Crippen LogP contribution in [0.1, 0.15) is 54.4 Å². The van der Waals surface area contributed by atoms with Crippen LogP contribution in [-0.2, 0) is 0 Å². The van der Waals surface area contributed by atoms with Crippen molar-refractivity contribution in [1.29, 1.82) is 0 Å². The molecule has 1 saturated carbocycles. The SMILES string of the molecule is CC1CCC(c2ccc(-c3ccc(OC(=O)c4cc(N)cc(N)c4)cc3)cc2)CC1. The minimum absolute atomic E-state index is 0.337. The monoisotopic (exact) mass is 400 g/mol. The molecule has 0 heterocycles. The van der Waals surface area contributed by atoms with E-state index in [-0.39, 0.29) is 0 Å². The highest BCUT2D eigenvalue weighted by Crippen LogP contribution is 2.36. The molecule has 4 nitrogen and oxygen atoms in total. The van der Waals surface area contributed by atoms with E-state index < -0.39 is 5.97 Å². The van der Waals surface area contributed by atoms with Crippen molar-refractivity contribution >= 4 is 17.3 Å². The van der Waals surface area contributed by atoms with Crippen LogP contribution in [0.15, 0.2) is 66.7 Å². The number of hydrogen-bond acceptors (Lipinski definition) is 4. The van der Waals surface area contributed by atoms with Crippen LogP contribution in [0.4, 0.5) is 11.4 Å². The lowest BCUT2D eigenvalue weighted by Crippen LogP contribution is -2.10. The van der Waals surface area contributed by atoms with Gasteiger partial charge in [0.25, 0.3) is 0 Å². The second-order valence-electron chi connectivity index (χ2n) is 8.38. The van der Waals surface area contributed by atoms with Crippen molar-refractivity contribution in [3.8, 4) is 16.9 Å². The fourth-order valence-corrected chi connectivity index (χ4v) is 4.22. The average molecular weight is 401 g/mol. The normalized spacial score (nSPS) is 18.7. The average Bonchev–Trinajstić information content (AvgIpc) is 2.74. The predicted molar refractivity (Wildman–Crippen MR) is 122 cm³/mol. The van der Waals surface area contributed by atoms with Crippen molar-refractivity contribution in [2.75, 3.05) is 11.5 Å². The molecule has 154 valence electrons. The Labute approximate surface area is 177 Å². The largest absolute Gasteiger partial charge is 0.423 e. The Morgan fingerprint density at radius 1 is 0.800 bits per heavy atom. The molecule has 0 saturated heterocycles. The number of anilines is 2. The summed E-state index contributed by atoms with van der Waals surface area (Å²) in [7, 11) is 0. The van der Waals surface area contributed by atoms with Crippen molar-refractivity contribution in [2.45, 2.75) is 38.5 Å². The van der Waals surface area contributed by atoms with Gasteiger partial charge in [-0.05, 0) is 71.7 Å². The number of rotatable bonds is 4. The van der Waals surface area contributed by atoms with Gasteiger partial charge in [0.1, 0.15) is 5.75 Å². The highest BCUT2D eigenvalue weighted by atomic mass is 16.5. The van der Waals surface area contributed by atoms with Crippen LogP contribution in [0.2, 0.25) is 0 Å². The standard InChI is InChI=1S/C26H28N2O2/c1-17-2-4-18(5-3-17)19-6-8-20(9-7-19)21-10-12-25(13-11-21)30-26(29)22-14-23(27)16-24(28)15-22/h6-18H,2-5,27-28H2,1H3. The molecule has 0 amide bonds. The number of carbonyl (C=O) groups excluding carboxylic acids is 1. The number of nitrogens with two attached hydrogens (primary N) is 2. The minimum Gasteiger partial charge on any atom is -0.423 e. The third-order valence-corrected chi connectivity index (χ3v) is 6.01. The van der Waals surface area contributed by atoms with E-state index in [1.165, 1.54) is 31.2 Å². The molecule has 4 N–H and O–H groups in total. The van der Waals surface area contributed by atoms with Crippen LogP contribution in [0.25, 0.3) is 11.1 Å². The van der Waals surface area contributed by atoms with E-state index in [0.29, 0.717) is 28.6 Å². The van der Waals surface area contributed by atoms with Gasteiger partial charge in [0, 0.05) is 11.4 Å². The van der Waals surface area contributed by atoms with E-state index in [4.69, 9.17) is 16.2 Å². The molecule has 0 atom stereocenters. The molecule has 0 aliphatic heterocycles. The van der Waals surface area contributed by atoms with E-state index in [2.05, 4.69) is 31.2 Å². The first-order valence-corrected chi connectivity index (χ1v) is 10.6. The number of ether oxygens (including phenoxy) is 1. The van der Waals surface area contributed by atoms with E-state index >= 15 is 0 Å². The van der Waals surface area contributed by atoms with Gasteiger partial charge in [-0.1, -0.05) is 56.2 Å². The summed E-state index contributed by atoms with van der Waals surface area (Å²) in [6.45, 7) is 2.35. The molecule has 1 fully saturated rings. The van der Waals surface area contributed by atoms with Crippen molar-refractivity contribution < 1.29 is 9.53 Å². The molecule has 1 aliphatic rings. The summed E-state index contributed by atoms with van der Waals surface area (Å²) < 4.78 is 5.46. The molecule has 0 bridgehead atoms. The van der Waals surface area contributed by atoms with Crippen molar-refractivity contribution in [3.05, 3.63) is 77.9 Å². The zero-order valence-corrected chi connectivity index (χ0v) is 17.3. The zero-order chi connectivity index (χ0) is 21.1. The first kappa shape index (κ1) is 20.0. The summed E-state index contributed by atoms with van der Waals surface area (Å²) in [4.78, 5) is 12.3. The summed E-state index contributed by atoms with van der Waals surface area (Å²) in [5, 5.41) is 0. The molecule has 0 aromatic heterocycles. The van der Waals surface area contributed by atoms with Gasteiger partial charge in [-0.2, -0.15) is 0 Å². The van der Waals surface area contributed by atoms with Gasteiger partial charge in [0.2, 0.25) is 0 Å². The van der Waals surface area contributed by atoms with Gasteiger partial charge in [-0.25, -0.2) is 4.79 Å². The fourth-order valence-electron chi connectivity index (χ4n) is 4.22. The number of carbonyl (C=O) groups is 1. The predicted octanol–water partition coefficient (Wildman–Crippen LogP) is 6.03. The first-order valence-electron chi connectivity index (χ1n) is 10.6. The van der Waals surface area contributed by atoms with Crippen LogP contribution in [0.3, 0.4) is 0 Å². The second-order valence-corrected chi connectivity index (χ2v) is 8.38. The van der Waals surface area contributed by atoms with E-state index in [1.54, 1.807) is 30.3 Å². The Hall–Kier alpha value is -3.27. The highest BCUT2D eigenvalue weighted by Gasteiger charge is 2.19. The lowest BCUT2D eigenvalue weighted by Gasteiger charge is -2.26. The van der Waals surface area contributed by atoms with Gasteiger partial charge in [-0.3, -0.25) is 0 Å². The highest BCUT2D eigenvalue weighted by molar-refractivity contribution is 5.93. The van der Waals surface area contributed by atoms with Crippen molar-refractivity contribution in [3.63, 3.8) is 0 Å². The van der Waals surface area contributed by atoms with Crippen LogP contribution in [0, 0.1) is 5.92 Å². The van der Waals surface area contributed by atoms with E-state index in [0.717, 1.165) is 17.0 Å². The van der Waals surface area contributed by atoms with Gasteiger partial charge >= 0.3 is 5.97 Å². The Morgan fingerprint density at radius 2 is 1.33 bits per heavy atom. The summed E-state index contributed by atoms with van der Waals surface area (Å²) >= 11 is 0. The third kappa shape index (κ3) is 4.65. The third-order valence-electron chi connectivity index (χ3n) is 6.01. The molecule has 3 aromatic rings. The summed E-state index contributed by atoms with van der Waals surface area (Å²) in [6, 6.07) is 21.1. The maximum Gasteiger partial charge on any atom is 0.343 e. The summed E-state index contributed by atoms with van der Waals surface area (Å²) in [5.41, 5.74) is 16.4. The number of esters is 1. The maximum atomic E-state index is 12.3. The molecule has 0 spiro atoms. The second kappa shape index (κ2) is 8.62. The molecular weight excluding hydrogens is 372 g/mol. The van der Waals surface area contributed by atoms with Gasteiger partial charge in [-0.15, -0.1) is 0 Å². The Balaban J connectivity index is 1.42. The molecule has 0 radical (unpaired) electrons. The lowest BCUT2D eigenvalue weighted by molar-refractivity contribution is 0.0735. The lowest BCUT2D eigenvalue weighted by atomic mass is 9.79. The summed E-state index contributed by atoms with van der Waals surface area (Å²) in [5.74, 6) is 1.56. The summed E-state index contributed by atoms with van der Waals surface area (Å²) in [6.07, 6.45) is 5.24. The fraction of sp³-hybridized carbons (Fsp3) is 0.269. The molecule has 4 rings (SSSR count). The number of hydrogen-bond donors (Lipinski definition) is 2. The molecule has 3 aromatic carbocycles. The topological polar surface area (TPSA) is 78.3 Å². The number of nitrogen functional groups attached to an aromatic ring is 2. The van der Waals surface area contributed by atoms with Crippen molar-refractivity contribution in [2.24, 2.45) is 5.92 Å². The van der Waals surface area contributed by atoms with Gasteiger partial charge in [0.05, 0.1) is 5.56 Å². The minimum atomic E-state index is -0.479. The zero-order valence-electron chi connectivity index (χ0n) is 17.3. The van der Waals surface area contributed by atoms with Crippen LogP contribution < -0.4 is 16.2 Å². The maximum absolute atomic E-state index is 12.3. The molecular formula is C26H28N2O2. The Morgan fingerprint density at radius 3 is 1.90 bits per heavy atom. The van der Waals surface area contributed by atoms with Crippen molar-refractivity contribution in [1.82, 2.24) is 0 Å². The first-order chi connectivity index (χ1) is 14.5.